The van der Waals surface area contributed by atoms with Gasteiger partial charge in [-0.15, -0.1) is 0 Å². The molecule has 0 saturated carbocycles. The van der Waals surface area contributed by atoms with Gasteiger partial charge in [-0.3, -0.25) is 0 Å². The van der Waals surface area contributed by atoms with Crippen LogP contribution in [0.4, 0.5) is 0 Å². The average Bonchev–Trinajstić information content (AvgIpc) is 2.71. The molecule has 0 amide bonds. The van der Waals surface area contributed by atoms with Crippen molar-refractivity contribution in [3.63, 3.8) is 0 Å². The number of benzene rings is 2. The Morgan fingerprint density at radius 1 is 0.926 bits per heavy atom. The van der Waals surface area contributed by atoms with Crippen LogP contribution >= 0.6 is 0 Å². The van der Waals surface area contributed by atoms with E-state index in [2.05, 4.69) is 54.6 Å². The van der Waals surface area contributed by atoms with E-state index in [-0.39, 0.29) is 0 Å². The van der Waals surface area contributed by atoms with Gasteiger partial charge in [0.1, 0.15) is 32.7 Å². The van der Waals surface area contributed by atoms with Gasteiger partial charge >= 0.3 is 0 Å². The summed E-state index contributed by atoms with van der Waals surface area (Å²) in [6.45, 7) is 9.69. The Morgan fingerprint density at radius 3 is 2.37 bits per heavy atom. The maximum absolute atomic E-state index is 5.61. The van der Waals surface area contributed by atoms with Crippen LogP contribution in [0.15, 0.2) is 54.6 Å². The van der Waals surface area contributed by atoms with Crippen LogP contribution < -0.4 is 19.3 Å². The molecule has 1 aliphatic rings. The highest BCUT2D eigenvalue weighted by atomic mass is 16.5. The fourth-order valence-corrected chi connectivity index (χ4v) is 3.65. The molecule has 0 atom stereocenters. The van der Waals surface area contributed by atoms with E-state index in [9.17, 15) is 0 Å². The van der Waals surface area contributed by atoms with Crippen LogP contribution in [0.2, 0.25) is 0 Å². The monoisotopic (exact) mass is 368 g/mol. The molecule has 144 valence electrons. The van der Waals surface area contributed by atoms with Gasteiger partial charge in [-0.2, -0.15) is 0 Å². The topological polar surface area (TPSA) is 27.3 Å². The van der Waals surface area contributed by atoms with Crippen molar-refractivity contribution in [2.24, 2.45) is 0 Å². The largest absolute Gasteiger partial charge is 0.493 e. The third-order valence-corrected chi connectivity index (χ3v) is 5.16. The van der Waals surface area contributed by atoms with Gasteiger partial charge in [0.25, 0.3) is 0 Å². The first-order valence-corrected chi connectivity index (χ1v) is 9.97. The van der Waals surface area contributed by atoms with E-state index in [0.29, 0.717) is 6.61 Å². The SMILES string of the molecule is CCOc1ccc(C[NH+]2CC[NH+](C/C=C/c3ccccc3)CC2)cc1OC. The van der Waals surface area contributed by atoms with Gasteiger partial charge in [-0.25, -0.2) is 0 Å². The first-order chi connectivity index (χ1) is 13.3. The summed E-state index contributed by atoms with van der Waals surface area (Å²) in [5, 5.41) is 0. The van der Waals surface area contributed by atoms with Gasteiger partial charge in [-0.05, 0) is 36.8 Å². The van der Waals surface area contributed by atoms with E-state index in [0.717, 1.165) is 24.6 Å². The number of ether oxygens (including phenoxy) is 2. The van der Waals surface area contributed by atoms with E-state index in [1.807, 2.05) is 13.0 Å². The summed E-state index contributed by atoms with van der Waals surface area (Å²) in [5.41, 5.74) is 2.60. The fourth-order valence-electron chi connectivity index (χ4n) is 3.65. The second-order valence-corrected chi connectivity index (χ2v) is 7.11. The quantitative estimate of drug-likeness (QED) is 0.730. The normalized spacial score (nSPS) is 19.9. The Kier molecular flexibility index (Phi) is 7.31. The molecule has 4 heteroatoms. The van der Waals surface area contributed by atoms with Gasteiger partial charge in [-0.1, -0.05) is 36.4 Å². The molecule has 0 aliphatic carbocycles. The van der Waals surface area contributed by atoms with Crippen LogP contribution in [0.1, 0.15) is 18.1 Å². The molecule has 0 spiro atoms. The number of methoxy groups -OCH3 is 1. The standard InChI is InChI=1S/C23H30N2O2/c1-3-27-22-12-11-21(18-23(22)26-2)19-25-16-14-24(15-17-25)13-7-10-20-8-5-4-6-9-20/h4-12,18H,3,13-17,19H2,1-2H3/p+2/b10-7+. The Labute approximate surface area is 163 Å². The zero-order valence-corrected chi connectivity index (χ0v) is 16.5. The smallest absolute Gasteiger partial charge is 0.161 e. The van der Waals surface area contributed by atoms with Gasteiger partial charge in [0.2, 0.25) is 0 Å². The maximum Gasteiger partial charge on any atom is 0.161 e. The van der Waals surface area contributed by atoms with E-state index in [1.54, 1.807) is 16.9 Å². The third kappa shape index (κ3) is 5.84. The summed E-state index contributed by atoms with van der Waals surface area (Å²) >= 11 is 0. The van der Waals surface area contributed by atoms with Crippen molar-refractivity contribution in [2.45, 2.75) is 13.5 Å². The molecule has 2 N–H and O–H groups in total. The molecule has 0 aromatic heterocycles. The molecule has 4 nitrogen and oxygen atoms in total. The van der Waals surface area contributed by atoms with Crippen molar-refractivity contribution >= 4 is 6.08 Å². The summed E-state index contributed by atoms with van der Waals surface area (Å²) in [5.74, 6) is 1.67. The predicted octanol–water partition coefficient (Wildman–Crippen LogP) is 1.09. The lowest BCUT2D eigenvalue weighted by Crippen LogP contribution is -3.27. The summed E-state index contributed by atoms with van der Waals surface area (Å²) < 4.78 is 11.1. The number of piperazine rings is 1. The highest BCUT2D eigenvalue weighted by Gasteiger charge is 2.22. The molecule has 1 fully saturated rings. The Bertz CT molecular complexity index is 722. The van der Waals surface area contributed by atoms with Crippen molar-refractivity contribution in [3.05, 3.63) is 65.7 Å². The zero-order chi connectivity index (χ0) is 18.9. The second-order valence-electron chi connectivity index (χ2n) is 7.11. The van der Waals surface area contributed by atoms with Crippen LogP contribution in [0.5, 0.6) is 11.5 Å². The van der Waals surface area contributed by atoms with Crippen LogP contribution in [-0.4, -0.2) is 46.4 Å². The second kappa shape index (κ2) is 10.1. The van der Waals surface area contributed by atoms with E-state index in [4.69, 9.17) is 9.47 Å². The molecule has 1 aliphatic heterocycles. The lowest BCUT2D eigenvalue weighted by atomic mass is 10.1. The van der Waals surface area contributed by atoms with E-state index < -0.39 is 0 Å². The van der Waals surface area contributed by atoms with Gasteiger partial charge in [0, 0.05) is 5.56 Å². The predicted molar refractivity (Wildman–Crippen MR) is 110 cm³/mol. The van der Waals surface area contributed by atoms with Crippen LogP contribution in [0, 0.1) is 0 Å². The lowest BCUT2D eigenvalue weighted by molar-refractivity contribution is -1.02. The van der Waals surface area contributed by atoms with E-state index >= 15 is 0 Å². The summed E-state index contributed by atoms with van der Waals surface area (Å²) in [6.07, 6.45) is 4.55. The number of hydrogen-bond donors (Lipinski definition) is 2. The molecule has 1 heterocycles. The van der Waals surface area contributed by atoms with Crippen molar-refractivity contribution < 1.29 is 19.3 Å². The molecule has 0 unspecified atom stereocenters. The third-order valence-electron chi connectivity index (χ3n) is 5.16. The minimum absolute atomic E-state index is 0.657. The Balaban J connectivity index is 1.46. The molecular formula is C23H32N2O2+2. The number of rotatable bonds is 8. The van der Waals surface area contributed by atoms with Crippen molar-refractivity contribution in [3.8, 4) is 11.5 Å². The molecule has 3 rings (SSSR count). The molecule has 0 radical (unpaired) electrons. The molecule has 1 saturated heterocycles. The number of nitrogens with one attached hydrogen (secondary N) is 2. The minimum atomic E-state index is 0.657. The average molecular weight is 369 g/mol. The molecule has 27 heavy (non-hydrogen) atoms. The fraction of sp³-hybridized carbons (Fsp3) is 0.391. The molecule has 2 aromatic rings. The first kappa shape index (κ1) is 19.5. The molecule has 0 bridgehead atoms. The minimum Gasteiger partial charge on any atom is -0.493 e. The Morgan fingerprint density at radius 2 is 1.67 bits per heavy atom. The highest BCUT2D eigenvalue weighted by Crippen LogP contribution is 2.27. The van der Waals surface area contributed by atoms with Crippen LogP contribution in [0.3, 0.4) is 0 Å². The zero-order valence-electron chi connectivity index (χ0n) is 16.5. The van der Waals surface area contributed by atoms with Crippen molar-refractivity contribution in [1.82, 2.24) is 0 Å². The number of quaternary nitrogens is 2. The van der Waals surface area contributed by atoms with E-state index in [1.165, 1.54) is 37.3 Å². The van der Waals surface area contributed by atoms with Crippen molar-refractivity contribution in [2.75, 3.05) is 46.4 Å². The first-order valence-electron chi connectivity index (χ1n) is 9.97. The van der Waals surface area contributed by atoms with Gasteiger partial charge < -0.3 is 19.3 Å². The lowest BCUT2D eigenvalue weighted by Gasteiger charge is -2.29. The van der Waals surface area contributed by atoms with Gasteiger partial charge in [0.15, 0.2) is 11.5 Å². The number of hydrogen-bond acceptors (Lipinski definition) is 2. The summed E-state index contributed by atoms with van der Waals surface area (Å²) in [7, 11) is 1.71. The molecule has 2 aromatic carbocycles. The summed E-state index contributed by atoms with van der Waals surface area (Å²) in [6, 6.07) is 16.9. The highest BCUT2D eigenvalue weighted by molar-refractivity contribution is 5.48. The Hall–Kier alpha value is -2.30. The van der Waals surface area contributed by atoms with Crippen LogP contribution in [-0.2, 0) is 6.54 Å². The molecular weight excluding hydrogens is 336 g/mol. The van der Waals surface area contributed by atoms with Crippen LogP contribution in [0.25, 0.3) is 6.08 Å². The van der Waals surface area contributed by atoms with Crippen molar-refractivity contribution in [1.29, 1.82) is 0 Å². The maximum atomic E-state index is 5.61. The summed E-state index contributed by atoms with van der Waals surface area (Å²) in [4.78, 5) is 3.33. The van der Waals surface area contributed by atoms with Gasteiger partial charge in [0.05, 0.1) is 20.3 Å².